The van der Waals surface area contributed by atoms with Crippen molar-refractivity contribution in [3.05, 3.63) is 21.9 Å². The van der Waals surface area contributed by atoms with Gasteiger partial charge in [0.25, 0.3) is 0 Å². The van der Waals surface area contributed by atoms with Crippen molar-refractivity contribution in [2.24, 2.45) is 5.41 Å². The molecule has 0 radical (unpaired) electrons. The molecule has 0 amide bonds. The van der Waals surface area contributed by atoms with Crippen LogP contribution in [0.5, 0.6) is 0 Å². The average Bonchev–Trinajstić information content (AvgIpc) is 2.71. The van der Waals surface area contributed by atoms with Gasteiger partial charge in [-0.15, -0.1) is 11.3 Å². The fourth-order valence-corrected chi connectivity index (χ4v) is 4.03. The minimum Gasteiger partial charge on any atom is -0.314 e. The van der Waals surface area contributed by atoms with Gasteiger partial charge in [-0.05, 0) is 36.9 Å². The van der Waals surface area contributed by atoms with Crippen molar-refractivity contribution in [1.29, 1.82) is 0 Å². The highest BCUT2D eigenvalue weighted by molar-refractivity contribution is 7.12. The zero-order valence-corrected chi connectivity index (χ0v) is 11.7. The number of hydrogen-bond acceptors (Lipinski definition) is 2. The summed E-state index contributed by atoms with van der Waals surface area (Å²) in [6.45, 7) is 10.3. The molecule has 1 aliphatic carbocycles. The standard InChI is InChI=1S/C14H23NS/c1-5-10-7-8-12(16-10)11-9-13(15-6-2)14(11,3)4/h7-8,11,13,15H,5-6,9H2,1-4H3. The van der Waals surface area contributed by atoms with Crippen molar-refractivity contribution < 1.29 is 0 Å². The van der Waals surface area contributed by atoms with Crippen LogP contribution in [0.3, 0.4) is 0 Å². The molecule has 1 aromatic rings. The normalized spacial score (nSPS) is 27.8. The lowest BCUT2D eigenvalue weighted by Gasteiger charge is -2.52. The van der Waals surface area contributed by atoms with E-state index in [-0.39, 0.29) is 0 Å². The van der Waals surface area contributed by atoms with Crippen LogP contribution in [0.15, 0.2) is 12.1 Å². The van der Waals surface area contributed by atoms with E-state index in [9.17, 15) is 0 Å². The third kappa shape index (κ3) is 1.93. The van der Waals surface area contributed by atoms with Gasteiger partial charge in [-0.2, -0.15) is 0 Å². The van der Waals surface area contributed by atoms with Crippen molar-refractivity contribution in [2.45, 2.75) is 52.5 Å². The second kappa shape index (κ2) is 4.50. The quantitative estimate of drug-likeness (QED) is 0.840. The summed E-state index contributed by atoms with van der Waals surface area (Å²) in [5, 5.41) is 3.60. The van der Waals surface area contributed by atoms with E-state index >= 15 is 0 Å². The van der Waals surface area contributed by atoms with Crippen LogP contribution >= 0.6 is 11.3 Å². The summed E-state index contributed by atoms with van der Waals surface area (Å²) in [5.41, 5.74) is 0.422. The van der Waals surface area contributed by atoms with Crippen molar-refractivity contribution in [1.82, 2.24) is 5.32 Å². The summed E-state index contributed by atoms with van der Waals surface area (Å²) in [4.78, 5) is 3.12. The van der Waals surface area contributed by atoms with Crippen molar-refractivity contribution >= 4 is 11.3 Å². The lowest BCUT2D eigenvalue weighted by molar-refractivity contribution is 0.0728. The van der Waals surface area contributed by atoms with Crippen molar-refractivity contribution in [2.75, 3.05) is 6.54 Å². The topological polar surface area (TPSA) is 12.0 Å². The first kappa shape index (κ1) is 12.1. The van der Waals surface area contributed by atoms with E-state index in [0.717, 1.165) is 12.5 Å². The van der Waals surface area contributed by atoms with Gasteiger partial charge < -0.3 is 5.32 Å². The number of hydrogen-bond donors (Lipinski definition) is 1. The van der Waals surface area contributed by atoms with E-state index < -0.39 is 0 Å². The maximum atomic E-state index is 3.60. The number of rotatable bonds is 4. The van der Waals surface area contributed by atoms with Gasteiger partial charge in [0, 0.05) is 21.7 Å². The Kier molecular flexibility index (Phi) is 3.41. The molecule has 0 aliphatic heterocycles. The number of nitrogens with one attached hydrogen (secondary N) is 1. The predicted octanol–water partition coefficient (Wildman–Crippen LogP) is 3.80. The van der Waals surface area contributed by atoms with Crippen LogP contribution in [0, 0.1) is 5.41 Å². The Morgan fingerprint density at radius 1 is 1.38 bits per heavy atom. The predicted molar refractivity (Wildman–Crippen MR) is 72.3 cm³/mol. The summed E-state index contributed by atoms with van der Waals surface area (Å²) in [6.07, 6.45) is 2.49. The van der Waals surface area contributed by atoms with Crippen LogP contribution in [-0.2, 0) is 6.42 Å². The summed E-state index contributed by atoms with van der Waals surface area (Å²) in [5.74, 6) is 0.766. The highest BCUT2D eigenvalue weighted by atomic mass is 32.1. The molecule has 1 fully saturated rings. The van der Waals surface area contributed by atoms with E-state index in [4.69, 9.17) is 0 Å². The Balaban J connectivity index is 2.07. The molecule has 0 bridgehead atoms. The molecule has 1 aromatic heterocycles. The Bertz CT molecular complexity index is 353. The van der Waals surface area contributed by atoms with E-state index in [2.05, 4.69) is 45.1 Å². The molecule has 1 nitrogen and oxygen atoms in total. The van der Waals surface area contributed by atoms with Crippen molar-refractivity contribution in [3.8, 4) is 0 Å². The molecule has 2 atom stereocenters. The fraction of sp³-hybridized carbons (Fsp3) is 0.714. The summed E-state index contributed by atoms with van der Waals surface area (Å²) in [7, 11) is 0. The number of thiophene rings is 1. The minimum atomic E-state index is 0.422. The van der Waals surface area contributed by atoms with Crippen LogP contribution in [-0.4, -0.2) is 12.6 Å². The average molecular weight is 237 g/mol. The molecule has 2 unspecified atom stereocenters. The Labute approximate surface area is 103 Å². The maximum Gasteiger partial charge on any atom is 0.0131 e. The van der Waals surface area contributed by atoms with Crippen molar-refractivity contribution in [3.63, 3.8) is 0 Å². The highest BCUT2D eigenvalue weighted by Crippen LogP contribution is 2.53. The Morgan fingerprint density at radius 2 is 2.12 bits per heavy atom. The Hall–Kier alpha value is -0.340. The number of aryl methyl sites for hydroxylation is 1. The zero-order valence-electron chi connectivity index (χ0n) is 10.8. The Morgan fingerprint density at radius 3 is 2.62 bits per heavy atom. The molecule has 90 valence electrons. The summed E-state index contributed by atoms with van der Waals surface area (Å²) < 4.78 is 0. The first-order valence-electron chi connectivity index (χ1n) is 6.41. The molecule has 0 spiro atoms. The van der Waals surface area contributed by atoms with Crippen LogP contribution in [0.2, 0.25) is 0 Å². The van der Waals surface area contributed by atoms with Crippen LogP contribution in [0.1, 0.15) is 49.8 Å². The van der Waals surface area contributed by atoms with Crippen LogP contribution < -0.4 is 5.32 Å². The molecule has 1 heterocycles. The molecule has 1 aliphatic rings. The maximum absolute atomic E-state index is 3.60. The second-order valence-electron chi connectivity index (χ2n) is 5.38. The lowest BCUT2D eigenvalue weighted by atomic mass is 9.58. The summed E-state index contributed by atoms with van der Waals surface area (Å²) in [6, 6.07) is 5.35. The molecular weight excluding hydrogens is 214 g/mol. The SMILES string of the molecule is CCNC1CC(c2ccc(CC)s2)C1(C)C. The second-order valence-corrected chi connectivity index (χ2v) is 6.58. The summed E-state index contributed by atoms with van der Waals surface area (Å²) >= 11 is 2.01. The zero-order chi connectivity index (χ0) is 11.8. The van der Waals surface area contributed by atoms with Gasteiger partial charge >= 0.3 is 0 Å². The van der Waals surface area contributed by atoms with E-state index in [0.29, 0.717) is 11.5 Å². The van der Waals surface area contributed by atoms with Gasteiger partial charge in [0.2, 0.25) is 0 Å². The van der Waals surface area contributed by atoms with Gasteiger partial charge in [-0.3, -0.25) is 0 Å². The van der Waals surface area contributed by atoms with E-state index in [1.54, 1.807) is 4.88 Å². The van der Waals surface area contributed by atoms with Gasteiger partial charge in [0.1, 0.15) is 0 Å². The molecular formula is C14H23NS. The molecule has 1 saturated carbocycles. The third-order valence-corrected chi connectivity index (χ3v) is 5.44. The first-order valence-corrected chi connectivity index (χ1v) is 7.23. The largest absolute Gasteiger partial charge is 0.314 e. The van der Waals surface area contributed by atoms with Gasteiger partial charge in [-0.25, -0.2) is 0 Å². The third-order valence-electron chi connectivity index (χ3n) is 4.09. The fourth-order valence-electron chi connectivity index (χ4n) is 2.77. The molecule has 16 heavy (non-hydrogen) atoms. The molecule has 2 heteroatoms. The molecule has 1 N–H and O–H groups in total. The van der Waals surface area contributed by atoms with Gasteiger partial charge in [0.15, 0.2) is 0 Å². The van der Waals surface area contributed by atoms with Gasteiger partial charge in [-0.1, -0.05) is 27.7 Å². The molecule has 0 aromatic carbocycles. The molecule has 2 rings (SSSR count). The van der Waals surface area contributed by atoms with Crippen LogP contribution in [0.4, 0.5) is 0 Å². The van der Waals surface area contributed by atoms with Crippen LogP contribution in [0.25, 0.3) is 0 Å². The monoisotopic (exact) mass is 237 g/mol. The van der Waals surface area contributed by atoms with E-state index in [1.165, 1.54) is 17.7 Å². The minimum absolute atomic E-state index is 0.422. The first-order chi connectivity index (χ1) is 7.59. The smallest absolute Gasteiger partial charge is 0.0131 e. The van der Waals surface area contributed by atoms with E-state index in [1.807, 2.05) is 11.3 Å². The lowest BCUT2D eigenvalue weighted by Crippen LogP contribution is -2.55. The highest BCUT2D eigenvalue weighted by Gasteiger charge is 2.48. The molecule has 0 saturated heterocycles. The van der Waals surface area contributed by atoms with Gasteiger partial charge in [0.05, 0.1) is 0 Å².